The van der Waals surface area contributed by atoms with E-state index in [1.165, 1.54) is 4.88 Å². The first-order valence-electron chi connectivity index (χ1n) is 8.47. The summed E-state index contributed by atoms with van der Waals surface area (Å²) < 4.78 is 0. The van der Waals surface area contributed by atoms with Gasteiger partial charge in [-0.05, 0) is 30.8 Å². The first kappa shape index (κ1) is 17.6. The van der Waals surface area contributed by atoms with Crippen molar-refractivity contribution in [1.29, 1.82) is 0 Å². The summed E-state index contributed by atoms with van der Waals surface area (Å²) in [6.07, 6.45) is 3.43. The van der Waals surface area contributed by atoms with Crippen molar-refractivity contribution >= 4 is 23.5 Å². The van der Waals surface area contributed by atoms with E-state index in [0.717, 1.165) is 30.5 Å². The number of thiophene rings is 1. The minimum absolute atomic E-state index is 0.255. The molecule has 132 valence electrons. The van der Waals surface area contributed by atoms with Crippen LogP contribution in [0.1, 0.15) is 18.4 Å². The average molecular weight is 358 g/mol. The van der Waals surface area contributed by atoms with Crippen molar-refractivity contribution < 1.29 is 14.7 Å². The molecule has 0 spiro atoms. The minimum atomic E-state index is -0.700. The van der Waals surface area contributed by atoms with E-state index in [9.17, 15) is 4.79 Å². The third-order valence-electron chi connectivity index (χ3n) is 4.37. The molecule has 0 bridgehead atoms. The second kappa shape index (κ2) is 8.78. The molecule has 0 radical (unpaired) electrons. The van der Waals surface area contributed by atoms with Gasteiger partial charge < -0.3 is 9.94 Å². The highest BCUT2D eigenvalue weighted by Gasteiger charge is 2.24. The fraction of sp³-hybridized carbons (Fsp3) is 0.368. The smallest absolute Gasteiger partial charge is 0.307 e. The van der Waals surface area contributed by atoms with E-state index >= 15 is 0 Å². The highest BCUT2D eigenvalue weighted by molar-refractivity contribution is 7.13. The monoisotopic (exact) mass is 358 g/mol. The number of hydrogen-bond donors (Lipinski definition) is 1. The number of carbonyl (C=O) groups is 1. The van der Waals surface area contributed by atoms with Crippen molar-refractivity contribution in [3.63, 3.8) is 0 Å². The number of oxime groups is 1. The van der Waals surface area contributed by atoms with E-state index in [0.29, 0.717) is 19.7 Å². The number of likely N-dealkylation sites (tertiary alicyclic amines) is 1. The quantitative estimate of drug-likeness (QED) is 0.467. The van der Waals surface area contributed by atoms with Gasteiger partial charge in [0.25, 0.3) is 0 Å². The van der Waals surface area contributed by atoms with Gasteiger partial charge in [0.15, 0.2) is 0 Å². The molecule has 1 N–H and O–H groups in total. The molecule has 2 heterocycles. The molecule has 0 saturated carbocycles. The lowest BCUT2D eigenvalue weighted by molar-refractivity contribution is -0.143. The number of piperidine rings is 1. The molecule has 1 aliphatic rings. The SMILES string of the molecule is O=C(O)C1CCCN(CCO/N=C/c2ccccc2-c2cccs2)C1. The Morgan fingerprint density at radius 3 is 3.04 bits per heavy atom. The van der Waals surface area contributed by atoms with Crippen molar-refractivity contribution in [1.82, 2.24) is 4.90 Å². The second-order valence-electron chi connectivity index (χ2n) is 6.11. The van der Waals surface area contributed by atoms with Gasteiger partial charge in [0.1, 0.15) is 6.61 Å². The van der Waals surface area contributed by atoms with Crippen LogP contribution in [-0.2, 0) is 9.63 Å². The summed E-state index contributed by atoms with van der Waals surface area (Å²) in [5.74, 6) is -0.955. The zero-order valence-corrected chi connectivity index (χ0v) is 14.8. The third-order valence-corrected chi connectivity index (χ3v) is 5.27. The lowest BCUT2D eigenvalue weighted by Crippen LogP contribution is -2.40. The molecule has 0 amide bonds. The van der Waals surface area contributed by atoms with Crippen LogP contribution < -0.4 is 0 Å². The molecular weight excluding hydrogens is 336 g/mol. The van der Waals surface area contributed by atoms with E-state index in [2.05, 4.69) is 27.6 Å². The summed E-state index contributed by atoms with van der Waals surface area (Å²) in [5.41, 5.74) is 2.17. The maximum atomic E-state index is 11.1. The summed E-state index contributed by atoms with van der Waals surface area (Å²) in [4.78, 5) is 19.8. The molecule has 1 aliphatic heterocycles. The Balaban J connectivity index is 1.49. The van der Waals surface area contributed by atoms with E-state index in [-0.39, 0.29) is 5.92 Å². The van der Waals surface area contributed by atoms with Crippen LogP contribution in [0.5, 0.6) is 0 Å². The highest BCUT2D eigenvalue weighted by Crippen LogP contribution is 2.27. The first-order chi connectivity index (χ1) is 12.2. The van der Waals surface area contributed by atoms with Crippen molar-refractivity contribution in [3.05, 3.63) is 47.3 Å². The lowest BCUT2D eigenvalue weighted by atomic mass is 9.98. The largest absolute Gasteiger partial charge is 0.481 e. The number of carboxylic acids is 1. The Morgan fingerprint density at radius 2 is 2.24 bits per heavy atom. The minimum Gasteiger partial charge on any atom is -0.481 e. The molecule has 1 aromatic heterocycles. The predicted octanol–water partition coefficient (Wildman–Crippen LogP) is 3.56. The van der Waals surface area contributed by atoms with Crippen LogP contribution in [0, 0.1) is 5.92 Å². The Hall–Kier alpha value is -2.18. The molecule has 1 unspecified atom stereocenters. The van der Waals surface area contributed by atoms with Gasteiger partial charge in [0.05, 0.1) is 12.1 Å². The van der Waals surface area contributed by atoms with E-state index in [4.69, 9.17) is 9.94 Å². The molecule has 1 fully saturated rings. The van der Waals surface area contributed by atoms with E-state index < -0.39 is 5.97 Å². The van der Waals surface area contributed by atoms with Crippen LogP contribution in [0.2, 0.25) is 0 Å². The van der Waals surface area contributed by atoms with Crippen LogP contribution in [0.15, 0.2) is 46.9 Å². The van der Waals surface area contributed by atoms with Gasteiger partial charge in [-0.25, -0.2) is 0 Å². The summed E-state index contributed by atoms with van der Waals surface area (Å²) >= 11 is 1.70. The van der Waals surface area contributed by atoms with Crippen molar-refractivity contribution in [2.24, 2.45) is 11.1 Å². The van der Waals surface area contributed by atoms with Gasteiger partial charge in [-0.3, -0.25) is 9.69 Å². The zero-order chi connectivity index (χ0) is 17.5. The van der Waals surface area contributed by atoms with Crippen LogP contribution in [0.25, 0.3) is 10.4 Å². The second-order valence-corrected chi connectivity index (χ2v) is 7.06. The fourth-order valence-corrected chi connectivity index (χ4v) is 3.82. The number of nitrogens with zero attached hydrogens (tertiary/aromatic N) is 2. The van der Waals surface area contributed by atoms with Crippen LogP contribution >= 0.6 is 11.3 Å². The lowest BCUT2D eigenvalue weighted by Gasteiger charge is -2.29. The van der Waals surface area contributed by atoms with Gasteiger partial charge in [0.2, 0.25) is 0 Å². The summed E-state index contributed by atoms with van der Waals surface area (Å²) in [6.45, 7) is 2.69. The Kier molecular flexibility index (Phi) is 6.19. The normalized spacial score (nSPS) is 18.5. The standard InChI is InChI=1S/C19H22N2O3S/c22-19(23)16-6-3-9-21(14-16)10-11-24-20-13-15-5-1-2-7-17(15)18-8-4-12-25-18/h1-2,4-5,7-8,12-13,16H,3,6,9-11,14H2,(H,22,23)/b20-13+. The van der Waals surface area contributed by atoms with Crippen molar-refractivity contribution in [2.75, 3.05) is 26.2 Å². The van der Waals surface area contributed by atoms with Gasteiger partial charge in [-0.15, -0.1) is 11.3 Å². The molecule has 0 aliphatic carbocycles. The van der Waals surface area contributed by atoms with Gasteiger partial charge in [-0.2, -0.15) is 0 Å². The fourth-order valence-electron chi connectivity index (χ4n) is 3.04. The van der Waals surface area contributed by atoms with Gasteiger partial charge >= 0.3 is 5.97 Å². The molecule has 1 saturated heterocycles. The number of carboxylic acid groups (broad SMARTS) is 1. The number of aliphatic carboxylic acids is 1. The maximum absolute atomic E-state index is 11.1. The first-order valence-corrected chi connectivity index (χ1v) is 9.35. The zero-order valence-electron chi connectivity index (χ0n) is 14.0. The third kappa shape index (κ3) is 4.90. The molecule has 6 heteroatoms. The van der Waals surface area contributed by atoms with Crippen LogP contribution in [0.3, 0.4) is 0 Å². The number of hydrogen-bond acceptors (Lipinski definition) is 5. The topological polar surface area (TPSA) is 62.1 Å². The van der Waals surface area contributed by atoms with Crippen molar-refractivity contribution in [3.8, 4) is 10.4 Å². The average Bonchev–Trinajstić information content (AvgIpc) is 3.16. The van der Waals surface area contributed by atoms with Gasteiger partial charge in [-0.1, -0.05) is 35.5 Å². The Bertz CT molecular complexity index is 715. The summed E-state index contributed by atoms with van der Waals surface area (Å²) in [6, 6.07) is 12.2. The molecule has 3 rings (SSSR count). The Labute approximate surface area is 151 Å². The van der Waals surface area contributed by atoms with Crippen LogP contribution in [0.4, 0.5) is 0 Å². The summed E-state index contributed by atoms with van der Waals surface area (Å²) in [5, 5.41) is 15.3. The molecular formula is C19H22N2O3S. The maximum Gasteiger partial charge on any atom is 0.307 e. The molecule has 1 aromatic carbocycles. The highest BCUT2D eigenvalue weighted by atomic mass is 32.1. The molecule has 2 aromatic rings. The molecule has 25 heavy (non-hydrogen) atoms. The van der Waals surface area contributed by atoms with Gasteiger partial charge in [0, 0.05) is 29.1 Å². The number of benzene rings is 1. The van der Waals surface area contributed by atoms with Crippen LogP contribution in [-0.4, -0.2) is 48.4 Å². The van der Waals surface area contributed by atoms with E-state index in [1.807, 2.05) is 24.3 Å². The molecule has 5 nitrogen and oxygen atoms in total. The van der Waals surface area contributed by atoms with E-state index in [1.54, 1.807) is 17.6 Å². The van der Waals surface area contributed by atoms with Crippen molar-refractivity contribution in [2.45, 2.75) is 12.8 Å². The molecule has 1 atom stereocenters. The number of rotatable bonds is 7. The summed E-state index contributed by atoms with van der Waals surface area (Å²) in [7, 11) is 0. The predicted molar refractivity (Wildman–Crippen MR) is 100 cm³/mol. The Morgan fingerprint density at radius 1 is 1.36 bits per heavy atom.